The van der Waals surface area contributed by atoms with E-state index in [9.17, 15) is 14.0 Å². The maximum Gasteiger partial charge on any atom is 0.247 e. The molecule has 7 heteroatoms. The maximum atomic E-state index is 13.9. The molecule has 34 heavy (non-hydrogen) atoms. The van der Waals surface area contributed by atoms with E-state index >= 15 is 0 Å². The third-order valence-corrected chi connectivity index (χ3v) is 6.15. The van der Waals surface area contributed by atoms with Crippen LogP contribution >= 0.6 is 0 Å². The average molecular weight is 464 g/mol. The molecule has 1 aliphatic heterocycles. The zero-order valence-corrected chi connectivity index (χ0v) is 19.6. The van der Waals surface area contributed by atoms with Crippen molar-refractivity contribution in [2.75, 3.05) is 26.3 Å². The first-order valence-corrected chi connectivity index (χ1v) is 11.6. The van der Waals surface area contributed by atoms with Crippen LogP contribution in [-0.4, -0.2) is 53.5 Å². The number of fused-ring (bicyclic) bond motifs is 1. The van der Waals surface area contributed by atoms with Gasteiger partial charge in [0.05, 0.1) is 19.6 Å². The fourth-order valence-corrected chi connectivity index (χ4v) is 4.44. The van der Waals surface area contributed by atoms with Gasteiger partial charge >= 0.3 is 0 Å². The van der Waals surface area contributed by atoms with Crippen LogP contribution in [0.3, 0.4) is 0 Å². The molecule has 1 aliphatic rings. The van der Waals surface area contributed by atoms with E-state index < -0.39 is 17.3 Å². The summed E-state index contributed by atoms with van der Waals surface area (Å²) in [6.07, 6.45) is 4.29. The minimum atomic E-state index is -1.12. The highest BCUT2D eigenvalue weighted by Crippen LogP contribution is 2.21. The summed E-state index contributed by atoms with van der Waals surface area (Å²) in [5, 5.41) is 5.01. The van der Waals surface area contributed by atoms with E-state index in [-0.39, 0.29) is 18.2 Å². The first kappa shape index (κ1) is 23.8. The maximum absolute atomic E-state index is 13.9. The summed E-state index contributed by atoms with van der Waals surface area (Å²) in [5.41, 5.74) is 0.365. The van der Waals surface area contributed by atoms with Crippen molar-refractivity contribution in [3.63, 3.8) is 0 Å². The van der Waals surface area contributed by atoms with Gasteiger partial charge < -0.3 is 15.0 Å². The molecule has 2 heterocycles. The molecule has 2 amide bonds. The second-order valence-electron chi connectivity index (χ2n) is 9.39. The van der Waals surface area contributed by atoms with Crippen LogP contribution in [0.5, 0.6) is 0 Å². The zero-order valence-electron chi connectivity index (χ0n) is 19.6. The van der Waals surface area contributed by atoms with E-state index in [0.29, 0.717) is 31.9 Å². The van der Waals surface area contributed by atoms with E-state index in [4.69, 9.17) is 4.74 Å². The standard InChI is InChI=1S/C27H30FN3O3/c1-27(2,30-25(32)15-22-5-3-4-6-24(22)28)26(33)31-11-12-34-18-20(17-31)13-19-7-8-23-16-29-10-9-21(23)14-19/h3-10,14,16,20H,11-13,15,17-18H2,1-2H3,(H,30,32). The van der Waals surface area contributed by atoms with Crippen LogP contribution in [0.25, 0.3) is 10.8 Å². The van der Waals surface area contributed by atoms with Crippen molar-refractivity contribution in [2.24, 2.45) is 5.92 Å². The number of nitrogens with one attached hydrogen (secondary N) is 1. The van der Waals surface area contributed by atoms with Crippen LogP contribution in [0, 0.1) is 11.7 Å². The molecule has 4 rings (SSSR count). The number of carbonyl (C=O) groups is 2. The summed E-state index contributed by atoms with van der Waals surface area (Å²) >= 11 is 0. The lowest BCUT2D eigenvalue weighted by Gasteiger charge is -2.33. The predicted molar refractivity (Wildman–Crippen MR) is 129 cm³/mol. The Kier molecular flexibility index (Phi) is 7.22. The molecular formula is C27H30FN3O3. The van der Waals surface area contributed by atoms with Gasteiger partial charge in [0.2, 0.25) is 11.8 Å². The third kappa shape index (κ3) is 5.78. The number of benzene rings is 2. The molecule has 0 radical (unpaired) electrons. The van der Waals surface area contributed by atoms with Crippen LogP contribution < -0.4 is 5.32 Å². The van der Waals surface area contributed by atoms with Gasteiger partial charge in [-0.05, 0) is 48.9 Å². The normalized spacial score (nSPS) is 16.8. The monoisotopic (exact) mass is 463 g/mol. The van der Waals surface area contributed by atoms with Gasteiger partial charge in [-0.1, -0.05) is 36.4 Å². The van der Waals surface area contributed by atoms with Gasteiger partial charge in [-0.3, -0.25) is 14.6 Å². The number of amides is 2. The van der Waals surface area contributed by atoms with E-state index in [1.54, 1.807) is 43.1 Å². The molecule has 2 aromatic carbocycles. The van der Waals surface area contributed by atoms with Gasteiger partial charge in [-0.2, -0.15) is 0 Å². The van der Waals surface area contributed by atoms with Crippen molar-refractivity contribution >= 4 is 22.6 Å². The Bertz CT molecular complexity index is 1180. The highest BCUT2D eigenvalue weighted by molar-refractivity contribution is 5.91. The van der Waals surface area contributed by atoms with Crippen molar-refractivity contribution in [2.45, 2.75) is 32.2 Å². The summed E-state index contributed by atoms with van der Waals surface area (Å²) in [7, 11) is 0. The Hall–Kier alpha value is -3.32. The van der Waals surface area contributed by atoms with Crippen LogP contribution in [0.4, 0.5) is 4.39 Å². The Morgan fingerprint density at radius 3 is 2.82 bits per heavy atom. The second kappa shape index (κ2) is 10.3. The van der Waals surface area contributed by atoms with Crippen molar-refractivity contribution in [3.05, 3.63) is 77.9 Å². The van der Waals surface area contributed by atoms with Crippen molar-refractivity contribution < 1.29 is 18.7 Å². The van der Waals surface area contributed by atoms with E-state index in [0.717, 1.165) is 17.2 Å². The number of ether oxygens (including phenoxy) is 1. The van der Waals surface area contributed by atoms with Crippen molar-refractivity contribution in [1.29, 1.82) is 0 Å². The van der Waals surface area contributed by atoms with Gasteiger partial charge in [-0.15, -0.1) is 0 Å². The Labute approximate surface area is 199 Å². The molecule has 0 aliphatic carbocycles. The minimum Gasteiger partial charge on any atom is -0.379 e. The van der Waals surface area contributed by atoms with Gasteiger partial charge in [0, 0.05) is 36.8 Å². The predicted octanol–water partition coefficient (Wildman–Crippen LogP) is 3.53. The lowest BCUT2D eigenvalue weighted by atomic mass is 9.96. The van der Waals surface area contributed by atoms with Crippen LogP contribution in [0.2, 0.25) is 0 Å². The average Bonchev–Trinajstić information content (AvgIpc) is 3.05. The van der Waals surface area contributed by atoms with Crippen LogP contribution in [-0.2, 0) is 27.2 Å². The Morgan fingerprint density at radius 2 is 2.00 bits per heavy atom. The number of rotatable bonds is 6. The molecule has 178 valence electrons. The molecule has 1 saturated heterocycles. The SMILES string of the molecule is CC(C)(NC(=O)Cc1ccccc1F)C(=O)N1CCOCC(Cc2ccc3cnccc3c2)C1. The fraction of sp³-hybridized carbons (Fsp3) is 0.370. The highest BCUT2D eigenvalue weighted by atomic mass is 19.1. The highest BCUT2D eigenvalue weighted by Gasteiger charge is 2.35. The van der Waals surface area contributed by atoms with E-state index in [2.05, 4.69) is 28.5 Å². The quantitative estimate of drug-likeness (QED) is 0.607. The molecule has 1 aromatic heterocycles. The number of aromatic nitrogens is 1. The summed E-state index contributed by atoms with van der Waals surface area (Å²) in [5.74, 6) is -0.860. The number of carbonyl (C=O) groups excluding carboxylic acids is 2. The Balaban J connectivity index is 1.40. The molecule has 3 aromatic rings. The summed E-state index contributed by atoms with van der Waals surface area (Å²) in [6, 6.07) is 14.5. The molecule has 0 saturated carbocycles. The molecule has 6 nitrogen and oxygen atoms in total. The van der Waals surface area contributed by atoms with Gasteiger partial charge in [0.1, 0.15) is 11.4 Å². The van der Waals surface area contributed by atoms with E-state index in [1.807, 2.05) is 12.3 Å². The molecule has 1 unspecified atom stereocenters. The third-order valence-electron chi connectivity index (χ3n) is 6.15. The number of pyridine rings is 1. The van der Waals surface area contributed by atoms with Crippen LogP contribution in [0.15, 0.2) is 60.9 Å². The molecule has 0 spiro atoms. The minimum absolute atomic E-state index is 0.118. The lowest BCUT2D eigenvalue weighted by Crippen LogP contribution is -2.57. The van der Waals surface area contributed by atoms with Crippen LogP contribution in [0.1, 0.15) is 25.0 Å². The first-order chi connectivity index (χ1) is 16.3. The number of nitrogens with zero attached hydrogens (tertiary/aromatic N) is 2. The largest absolute Gasteiger partial charge is 0.379 e. The number of halogens is 1. The van der Waals surface area contributed by atoms with Crippen molar-refractivity contribution in [3.8, 4) is 0 Å². The molecular weight excluding hydrogens is 433 g/mol. The number of hydrogen-bond donors (Lipinski definition) is 1. The Morgan fingerprint density at radius 1 is 1.18 bits per heavy atom. The summed E-state index contributed by atoms with van der Waals surface area (Å²) < 4.78 is 19.7. The first-order valence-electron chi connectivity index (χ1n) is 11.6. The van der Waals surface area contributed by atoms with Gasteiger partial charge in [0.15, 0.2) is 0 Å². The summed E-state index contributed by atoms with van der Waals surface area (Å²) in [6.45, 7) is 5.40. The second-order valence-corrected chi connectivity index (χ2v) is 9.39. The zero-order chi connectivity index (χ0) is 24.1. The number of hydrogen-bond acceptors (Lipinski definition) is 4. The smallest absolute Gasteiger partial charge is 0.247 e. The molecule has 1 fully saturated rings. The van der Waals surface area contributed by atoms with Gasteiger partial charge in [0.25, 0.3) is 0 Å². The molecule has 0 bridgehead atoms. The van der Waals surface area contributed by atoms with E-state index in [1.165, 1.54) is 11.6 Å². The molecule has 1 atom stereocenters. The lowest BCUT2D eigenvalue weighted by molar-refractivity contribution is -0.140. The van der Waals surface area contributed by atoms with Gasteiger partial charge in [-0.25, -0.2) is 4.39 Å². The fourth-order valence-electron chi connectivity index (χ4n) is 4.44. The molecule has 1 N–H and O–H groups in total. The topological polar surface area (TPSA) is 71.5 Å². The summed E-state index contributed by atoms with van der Waals surface area (Å²) in [4.78, 5) is 31.9. The van der Waals surface area contributed by atoms with Crippen molar-refractivity contribution in [1.82, 2.24) is 15.2 Å².